The van der Waals surface area contributed by atoms with Gasteiger partial charge in [-0.3, -0.25) is 14.2 Å². The van der Waals surface area contributed by atoms with Gasteiger partial charge in [0.05, 0.1) is 18.3 Å². The quantitative estimate of drug-likeness (QED) is 0.608. The van der Waals surface area contributed by atoms with Crippen molar-refractivity contribution in [3.05, 3.63) is 77.4 Å². The second-order valence-corrected chi connectivity index (χ2v) is 8.78. The summed E-state index contributed by atoms with van der Waals surface area (Å²) in [5.74, 6) is 1.15. The number of carbonyl (C=O) groups is 2. The molecule has 0 spiro atoms. The Morgan fingerprint density at radius 3 is 2.64 bits per heavy atom. The van der Waals surface area contributed by atoms with Crippen LogP contribution in [-0.4, -0.2) is 33.5 Å². The van der Waals surface area contributed by atoms with Crippen LogP contribution in [-0.2, 0) is 11.2 Å². The molecule has 2 aromatic carbocycles. The van der Waals surface area contributed by atoms with Crippen molar-refractivity contribution in [3.8, 4) is 11.4 Å². The topological polar surface area (TPSA) is 85.2 Å². The van der Waals surface area contributed by atoms with E-state index in [-0.39, 0.29) is 17.9 Å². The van der Waals surface area contributed by atoms with Gasteiger partial charge in [-0.05, 0) is 75.4 Å². The van der Waals surface area contributed by atoms with Gasteiger partial charge in [0.15, 0.2) is 0 Å². The highest BCUT2D eigenvalue weighted by Gasteiger charge is 2.52. The Morgan fingerprint density at radius 1 is 1.15 bits per heavy atom. The third-order valence-electron chi connectivity index (χ3n) is 6.48. The number of amides is 2. The standard InChI is InChI=1S/C26H28N4O3/c1-3-33-20-11-8-19(9-12-20)24(31)29-26(14-15-26)25(32)28-21-13-10-18-6-4-5-7-22(18)30-17(2)16-27-23(21)30/h4-9,11-12,16,21H,3,10,13-15H2,1-2H3,(H,28,32)(H,29,31). The molecule has 170 valence electrons. The van der Waals surface area contributed by atoms with Gasteiger partial charge in [-0.15, -0.1) is 0 Å². The molecule has 1 fully saturated rings. The highest BCUT2D eigenvalue weighted by molar-refractivity contribution is 6.00. The maximum absolute atomic E-state index is 13.3. The zero-order valence-electron chi connectivity index (χ0n) is 18.9. The molecule has 2 amide bonds. The molecular formula is C26H28N4O3. The highest BCUT2D eigenvalue weighted by Crippen LogP contribution is 2.38. The minimum absolute atomic E-state index is 0.148. The number of ether oxygens (including phenoxy) is 1. The van der Waals surface area contributed by atoms with Gasteiger partial charge in [0.2, 0.25) is 5.91 Å². The number of aromatic nitrogens is 2. The first kappa shape index (κ1) is 21.2. The predicted molar refractivity (Wildman–Crippen MR) is 125 cm³/mol. The van der Waals surface area contributed by atoms with Gasteiger partial charge >= 0.3 is 0 Å². The largest absolute Gasteiger partial charge is 0.494 e. The molecule has 7 nitrogen and oxygen atoms in total. The lowest BCUT2D eigenvalue weighted by atomic mass is 10.0. The van der Waals surface area contributed by atoms with Crippen LogP contribution < -0.4 is 15.4 Å². The first-order chi connectivity index (χ1) is 16.0. The van der Waals surface area contributed by atoms with E-state index >= 15 is 0 Å². The summed E-state index contributed by atoms with van der Waals surface area (Å²) >= 11 is 0. The summed E-state index contributed by atoms with van der Waals surface area (Å²) in [4.78, 5) is 30.8. The van der Waals surface area contributed by atoms with E-state index in [4.69, 9.17) is 4.74 Å². The molecule has 2 heterocycles. The number of hydrogen-bond acceptors (Lipinski definition) is 4. The van der Waals surface area contributed by atoms with Crippen molar-refractivity contribution in [1.82, 2.24) is 20.2 Å². The highest BCUT2D eigenvalue weighted by atomic mass is 16.5. The molecule has 5 rings (SSSR count). The molecule has 2 aliphatic rings. The summed E-state index contributed by atoms with van der Waals surface area (Å²) in [5.41, 5.74) is 3.03. The molecule has 1 aliphatic carbocycles. The van der Waals surface area contributed by atoms with Crippen LogP contribution in [0.15, 0.2) is 54.7 Å². The average molecular weight is 445 g/mol. The fraction of sp³-hybridized carbons (Fsp3) is 0.346. The molecule has 33 heavy (non-hydrogen) atoms. The lowest BCUT2D eigenvalue weighted by Crippen LogP contribution is -2.50. The van der Waals surface area contributed by atoms with E-state index < -0.39 is 5.54 Å². The van der Waals surface area contributed by atoms with Gasteiger partial charge in [-0.2, -0.15) is 0 Å². The monoisotopic (exact) mass is 444 g/mol. The number of imidazole rings is 1. The van der Waals surface area contributed by atoms with Crippen LogP contribution in [0, 0.1) is 6.92 Å². The number of rotatable bonds is 6. The van der Waals surface area contributed by atoms with Crippen molar-refractivity contribution in [2.24, 2.45) is 0 Å². The van der Waals surface area contributed by atoms with E-state index in [0.29, 0.717) is 30.8 Å². The van der Waals surface area contributed by atoms with Crippen LogP contribution in [0.25, 0.3) is 5.69 Å². The number of benzene rings is 2. The molecule has 1 unspecified atom stereocenters. The Bertz CT molecular complexity index is 1190. The minimum Gasteiger partial charge on any atom is -0.494 e. The SMILES string of the molecule is CCOc1ccc(C(=O)NC2(C(=O)NC3CCc4ccccc4-n4c(C)cnc43)CC2)cc1. The van der Waals surface area contributed by atoms with Crippen molar-refractivity contribution in [3.63, 3.8) is 0 Å². The Hall–Kier alpha value is -3.61. The van der Waals surface area contributed by atoms with Gasteiger partial charge in [-0.25, -0.2) is 4.98 Å². The van der Waals surface area contributed by atoms with E-state index in [9.17, 15) is 9.59 Å². The normalized spacial score (nSPS) is 17.8. The first-order valence-electron chi connectivity index (χ1n) is 11.5. The number of fused-ring (bicyclic) bond motifs is 3. The van der Waals surface area contributed by atoms with Crippen LogP contribution in [0.2, 0.25) is 0 Å². The lowest BCUT2D eigenvalue weighted by Gasteiger charge is -2.22. The second kappa shape index (κ2) is 8.39. The second-order valence-electron chi connectivity index (χ2n) is 8.78. The first-order valence-corrected chi connectivity index (χ1v) is 11.5. The Labute approximate surface area is 193 Å². The summed E-state index contributed by atoms with van der Waals surface area (Å²) < 4.78 is 7.57. The van der Waals surface area contributed by atoms with Gasteiger partial charge in [0.25, 0.3) is 5.91 Å². The van der Waals surface area contributed by atoms with Gasteiger partial charge in [-0.1, -0.05) is 18.2 Å². The van der Waals surface area contributed by atoms with Crippen molar-refractivity contribution in [2.75, 3.05) is 6.61 Å². The Kier molecular flexibility index (Phi) is 5.40. The Morgan fingerprint density at radius 2 is 1.91 bits per heavy atom. The van der Waals surface area contributed by atoms with Crippen LogP contribution >= 0.6 is 0 Å². The van der Waals surface area contributed by atoms with E-state index in [2.05, 4.69) is 32.3 Å². The van der Waals surface area contributed by atoms with E-state index in [1.807, 2.05) is 32.2 Å². The fourth-order valence-corrected chi connectivity index (χ4v) is 4.51. The molecule has 0 radical (unpaired) electrons. The van der Waals surface area contributed by atoms with Crippen molar-refractivity contribution in [2.45, 2.75) is 51.1 Å². The number of nitrogens with one attached hydrogen (secondary N) is 2. The number of nitrogens with zero attached hydrogens (tertiary/aromatic N) is 2. The molecule has 1 aromatic heterocycles. The lowest BCUT2D eigenvalue weighted by molar-refractivity contribution is -0.124. The van der Waals surface area contributed by atoms with Crippen molar-refractivity contribution in [1.29, 1.82) is 0 Å². The molecule has 7 heteroatoms. The van der Waals surface area contributed by atoms with E-state index in [1.54, 1.807) is 24.3 Å². The molecule has 3 aromatic rings. The molecule has 2 N–H and O–H groups in total. The van der Waals surface area contributed by atoms with Gasteiger partial charge in [0, 0.05) is 17.5 Å². The fourth-order valence-electron chi connectivity index (χ4n) is 4.51. The Balaban J connectivity index is 1.32. The van der Waals surface area contributed by atoms with Crippen LogP contribution in [0.3, 0.4) is 0 Å². The summed E-state index contributed by atoms with van der Waals surface area (Å²) in [6, 6.07) is 15.0. The average Bonchev–Trinajstić information content (AvgIpc) is 3.54. The van der Waals surface area contributed by atoms with Crippen LogP contribution in [0.1, 0.15) is 59.7 Å². The summed E-state index contributed by atoms with van der Waals surface area (Å²) in [6.07, 6.45) is 4.69. The number of hydrogen-bond donors (Lipinski definition) is 2. The van der Waals surface area contributed by atoms with E-state index in [0.717, 1.165) is 30.0 Å². The summed E-state index contributed by atoms with van der Waals surface area (Å²) in [5, 5.41) is 6.16. The number of aryl methyl sites for hydroxylation is 2. The summed E-state index contributed by atoms with van der Waals surface area (Å²) in [6.45, 7) is 4.51. The third kappa shape index (κ3) is 3.99. The predicted octanol–water partition coefficient (Wildman–Crippen LogP) is 3.65. The van der Waals surface area contributed by atoms with Gasteiger partial charge < -0.3 is 15.4 Å². The smallest absolute Gasteiger partial charge is 0.252 e. The van der Waals surface area contributed by atoms with Crippen LogP contribution in [0.5, 0.6) is 5.75 Å². The van der Waals surface area contributed by atoms with Gasteiger partial charge in [0.1, 0.15) is 17.1 Å². The molecular weight excluding hydrogens is 416 g/mol. The number of para-hydroxylation sites is 1. The zero-order valence-corrected chi connectivity index (χ0v) is 18.9. The molecule has 1 atom stereocenters. The molecule has 0 bridgehead atoms. The molecule has 1 saturated carbocycles. The van der Waals surface area contributed by atoms with Crippen molar-refractivity contribution >= 4 is 11.8 Å². The maximum Gasteiger partial charge on any atom is 0.252 e. The third-order valence-corrected chi connectivity index (χ3v) is 6.48. The zero-order chi connectivity index (χ0) is 23.0. The number of carbonyl (C=O) groups excluding carboxylic acids is 2. The van der Waals surface area contributed by atoms with Crippen LogP contribution in [0.4, 0.5) is 0 Å². The molecule has 1 aliphatic heterocycles. The van der Waals surface area contributed by atoms with E-state index in [1.165, 1.54) is 5.56 Å². The van der Waals surface area contributed by atoms with Crippen molar-refractivity contribution < 1.29 is 14.3 Å². The minimum atomic E-state index is -0.860. The summed E-state index contributed by atoms with van der Waals surface area (Å²) in [7, 11) is 0. The molecule has 0 saturated heterocycles. The maximum atomic E-state index is 13.3.